The van der Waals surface area contributed by atoms with E-state index in [4.69, 9.17) is 0 Å². The van der Waals surface area contributed by atoms with E-state index in [-0.39, 0.29) is 0 Å². The molecule has 1 aromatic heterocycles. The van der Waals surface area contributed by atoms with Gasteiger partial charge in [-0.15, -0.1) is 0 Å². The topological polar surface area (TPSA) is 24.9 Å². The molecule has 0 amide bonds. The number of anilines is 1. The zero-order chi connectivity index (χ0) is 11.4. The number of hydrogen-bond acceptors (Lipinski definition) is 2. The third kappa shape index (κ3) is 3.53. The number of rotatable bonds is 4. The van der Waals surface area contributed by atoms with Crippen molar-refractivity contribution >= 4 is 9.59 Å². The predicted octanol–water partition coefficient (Wildman–Crippen LogP) is 2.63. The van der Waals surface area contributed by atoms with Crippen molar-refractivity contribution in [1.82, 2.24) is 4.98 Å². The van der Waals surface area contributed by atoms with Crippen molar-refractivity contribution in [1.29, 1.82) is 0 Å². The molecule has 3 heteroatoms. The second kappa shape index (κ2) is 5.55. The molecule has 0 spiro atoms. The van der Waals surface area contributed by atoms with Gasteiger partial charge in [0, 0.05) is 0 Å². The molecule has 0 saturated carbocycles. The van der Waals surface area contributed by atoms with Crippen molar-refractivity contribution in [2.24, 2.45) is 5.92 Å². The second-order valence-electron chi connectivity index (χ2n) is 4.24. The summed E-state index contributed by atoms with van der Waals surface area (Å²) in [5.74, 6) is 0.594. The molecule has 0 aromatic carbocycles. The van der Waals surface area contributed by atoms with Gasteiger partial charge in [-0.05, 0) is 0 Å². The first-order valence-corrected chi connectivity index (χ1v) is 6.73. The Labute approximate surface area is 103 Å². The second-order valence-corrected chi connectivity index (χ2v) is 5.82. The SMILES string of the molecule is CC(C)Nc1ccncc1[C](=[W])C(C)C. The Hall–Kier alpha value is -0.492. The molecule has 1 rings (SSSR count). The van der Waals surface area contributed by atoms with Gasteiger partial charge in [0.15, 0.2) is 0 Å². The van der Waals surface area contributed by atoms with Crippen LogP contribution in [0.2, 0.25) is 0 Å². The fraction of sp³-hybridized carbons (Fsp3) is 0.500. The van der Waals surface area contributed by atoms with Gasteiger partial charge < -0.3 is 0 Å². The molecule has 1 N–H and O–H groups in total. The van der Waals surface area contributed by atoms with Crippen LogP contribution in [0.15, 0.2) is 18.5 Å². The Kier molecular flexibility index (Phi) is 4.66. The van der Waals surface area contributed by atoms with Crippen LogP contribution >= 0.6 is 0 Å². The van der Waals surface area contributed by atoms with E-state index in [1.165, 1.54) is 34.5 Å². The third-order valence-corrected chi connectivity index (χ3v) is 4.54. The molecule has 0 aliphatic rings. The molecule has 0 radical (unpaired) electrons. The van der Waals surface area contributed by atoms with Gasteiger partial charge >= 0.3 is 103 Å². The first-order chi connectivity index (χ1) is 7.02. The summed E-state index contributed by atoms with van der Waals surface area (Å²) in [7, 11) is 0. The Morgan fingerprint density at radius 2 is 2.00 bits per heavy atom. The number of aromatic nitrogens is 1. The molecule has 0 aliphatic carbocycles. The van der Waals surface area contributed by atoms with Gasteiger partial charge in [-0.2, -0.15) is 0 Å². The van der Waals surface area contributed by atoms with Crippen LogP contribution in [-0.2, 0) is 19.4 Å². The molecular weight excluding hydrogens is 356 g/mol. The summed E-state index contributed by atoms with van der Waals surface area (Å²) in [5, 5.41) is 3.46. The monoisotopic (exact) mass is 374 g/mol. The normalized spacial score (nSPS) is 10.8. The van der Waals surface area contributed by atoms with E-state index in [1.807, 2.05) is 12.4 Å². The molecule has 0 aliphatic heterocycles. The van der Waals surface area contributed by atoms with Crippen LogP contribution in [0, 0.1) is 5.92 Å². The van der Waals surface area contributed by atoms with Gasteiger partial charge in [0.1, 0.15) is 0 Å². The summed E-state index contributed by atoms with van der Waals surface area (Å²) in [6.45, 7) is 8.77. The van der Waals surface area contributed by atoms with Gasteiger partial charge in [0.05, 0.1) is 0 Å². The molecular formula is C12H18N2W. The molecule has 15 heavy (non-hydrogen) atoms. The summed E-state index contributed by atoms with van der Waals surface area (Å²) in [5.41, 5.74) is 2.48. The van der Waals surface area contributed by atoms with E-state index >= 15 is 0 Å². The quantitative estimate of drug-likeness (QED) is 0.877. The average Bonchev–Trinajstić information content (AvgIpc) is 2.16. The van der Waals surface area contributed by atoms with Crippen LogP contribution in [0.25, 0.3) is 0 Å². The van der Waals surface area contributed by atoms with E-state index in [1.54, 1.807) is 0 Å². The van der Waals surface area contributed by atoms with E-state index < -0.39 is 0 Å². The molecule has 0 fully saturated rings. The summed E-state index contributed by atoms with van der Waals surface area (Å²) >= 11 is 1.53. The van der Waals surface area contributed by atoms with Crippen molar-refractivity contribution in [3.63, 3.8) is 0 Å². The Morgan fingerprint density at radius 1 is 1.33 bits per heavy atom. The van der Waals surface area contributed by atoms with Crippen LogP contribution in [0.3, 0.4) is 0 Å². The zero-order valence-electron chi connectivity index (χ0n) is 9.74. The molecule has 2 nitrogen and oxygen atoms in total. The minimum absolute atomic E-state index is 0.459. The van der Waals surface area contributed by atoms with Crippen molar-refractivity contribution in [3.05, 3.63) is 24.0 Å². The molecule has 82 valence electrons. The van der Waals surface area contributed by atoms with Gasteiger partial charge in [-0.1, -0.05) is 0 Å². The van der Waals surface area contributed by atoms with Crippen LogP contribution in [0.4, 0.5) is 5.69 Å². The van der Waals surface area contributed by atoms with Crippen LogP contribution in [0.1, 0.15) is 33.3 Å². The van der Waals surface area contributed by atoms with Crippen LogP contribution in [0.5, 0.6) is 0 Å². The first-order valence-electron chi connectivity index (χ1n) is 5.27. The molecule has 1 heterocycles. The zero-order valence-corrected chi connectivity index (χ0v) is 12.7. The van der Waals surface area contributed by atoms with E-state index in [0.29, 0.717) is 12.0 Å². The maximum absolute atomic E-state index is 4.21. The molecule has 0 atom stereocenters. The van der Waals surface area contributed by atoms with E-state index in [0.717, 1.165) is 0 Å². The van der Waals surface area contributed by atoms with Crippen molar-refractivity contribution in [3.8, 4) is 0 Å². The van der Waals surface area contributed by atoms with Crippen LogP contribution < -0.4 is 5.32 Å². The average molecular weight is 374 g/mol. The van der Waals surface area contributed by atoms with Gasteiger partial charge in [0.25, 0.3) is 0 Å². The first kappa shape index (κ1) is 12.6. The maximum atomic E-state index is 4.21. The fourth-order valence-corrected chi connectivity index (χ4v) is 1.92. The third-order valence-electron chi connectivity index (χ3n) is 2.06. The Balaban J connectivity index is 3.01. The number of hydrogen-bond donors (Lipinski definition) is 1. The standard InChI is InChI=1S/C12H18N2.W/c1-9(2)7-11-8-13-6-5-12(11)14-10(3)4;/h5-6,8-10H,1-4H3,(H,13,14);. The summed E-state index contributed by atoms with van der Waals surface area (Å²) in [6.07, 6.45) is 3.81. The Morgan fingerprint density at radius 3 is 2.53 bits per heavy atom. The van der Waals surface area contributed by atoms with Crippen molar-refractivity contribution in [2.45, 2.75) is 33.7 Å². The molecule has 0 saturated heterocycles. The van der Waals surface area contributed by atoms with Gasteiger partial charge in [0.2, 0.25) is 0 Å². The molecule has 1 aromatic rings. The molecule has 0 unspecified atom stereocenters. The van der Waals surface area contributed by atoms with Crippen molar-refractivity contribution < 1.29 is 19.4 Å². The summed E-state index contributed by atoms with van der Waals surface area (Å²) in [6, 6.07) is 2.52. The van der Waals surface area contributed by atoms with E-state index in [2.05, 4.69) is 44.1 Å². The van der Waals surface area contributed by atoms with E-state index in [9.17, 15) is 0 Å². The predicted molar refractivity (Wildman–Crippen MR) is 61.9 cm³/mol. The molecule has 0 bridgehead atoms. The number of nitrogens with zero attached hydrogens (tertiary/aromatic N) is 1. The van der Waals surface area contributed by atoms with Gasteiger partial charge in [-0.25, -0.2) is 0 Å². The number of nitrogens with one attached hydrogen (secondary N) is 1. The summed E-state index contributed by atoms with van der Waals surface area (Å²) < 4.78 is 1.46. The number of pyridine rings is 1. The Bertz CT molecular complexity index is 345. The van der Waals surface area contributed by atoms with Crippen LogP contribution in [-0.4, -0.2) is 14.9 Å². The fourth-order valence-electron chi connectivity index (χ4n) is 1.34. The van der Waals surface area contributed by atoms with Gasteiger partial charge in [-0.3, -0.25) is 0 Å². The summed E-state index contributed by atoms with van der Waals surface area (Å²) in [4.78, 5) is 4.21. The minimum atomic E-state index is 0.459. The van der Waals surface area contributed by atoms with Crippen molar-refractivity contribution in [2.75, 3.05) is 5.32 Å².